The Labute approximate surface area is 108 Å². The molecule has 0 aliphatic carbocycles. The van der Waals surface area contributed by atoms with Gasteiger partial charge in [0.1, 0.15) is 0 Å². The van der Waals surface area contributed by atoms with E-state index in [0.29, 0.717) is 17.8 Å². The molecule has 4 heteroatoms. The van der Waals surface area contributed by atoms with E-state index in [2.05, 4.69) is 24.1 Å². The van der Waals surface area contributed by atoms with Crippen LogP contribution in [0.5, 0.6) is 5.75 Å². The van der Waals surface area contributed by atoms with Crippen LogP contribution in [0.4, 0.5) is 4.39 Å². The molecule has 0 amide bonds. The van der Waals surface area contributed by atoms with Gasteiger partial charge in [-0.25, -0.2) is 4.39 Å². The second-order valence-corrected chi connectivity index (χ2v) is 5.13. The Morgan fingerprint density at radius 3 is 2.56 bits per heavy atom. The van der Waals surface area contributed by atoms with E-state index >= 15 is 0 Å². The van der Waals surface area contributed by atoms with Crippen LogP contribution in [0.15, 0.2) is 18.2 Å². The third-order valence-corrected chi connectivity index (χ3v) is 3.26. The lowest BCUT2D eigenvalue weighted by Gasteiger charge is -2.36. The minimum Gasteiger partial charge on any atom is -0.494 e. The average molecular weight is 252 g/mol. The van der Waals surface area contributed by atoms with E-state index < -0.39 is 0 Å². The first kappa shape index (κ1) is 13.3. The lowest BCUT2D eigenvalue weighted by atomic mass is 10.1. The van der Waals surface area contributed by atoms with Gasteiger partial charge in [-0.2, -0.15) is 0 Å². The lowest BCUT2D eigenvalue weighted by molar-refractivity contribution is 0.166. The molecule has 1 heterocycles. The number of benzene rings is 1. The molecule has 1 aromatic carbocycles. The predicted octanol–water partition coefficient (Wildman–Crippen LogP) is 2.02. The van der Waals surface area contributed by atoms with Crippen molar-refractivity contribution >= 4 is 0 Å². The minimum absolute atomic E-state index is 0.286. The topological polar surface area (TPSA) is 24.5 Å². The predicted molar refractivity (Wildman–Crippen MR) is 70.3 cm³/mol. The van der Waals surface area contributed by atoms with Crippen LogP contribution < -0.4 is 10.1 Å². The molecule has 1 fully saturated rings. The first-order valence-electron chi connectivity index (χ1n) is 6.39. The van der Waals surface area contributed by atoms with Crippen LogP contribution in [0.3, 0.4) is 0 Å². The van der Waals surface area contributed by atoms with E-state index in [1.54, 1.807) is 12.1 Å². The third kappa shape index (κ3) is 3.21. The Morgan fingerprint density at radius 2 is 2.00 bits per heavy atom. The first-order valence-corrected chi connectivity index (χ1v) is 6.39. The fraction of sp³-hybridized carbons (Fsp3) is 0.571. The molecule has 1 N–H and O–H groups in total. The van der Waals surface area contributed by atoms with Crippen LogP contribution in [-0.2, 0) is 6.54 Å². The van der Waals surface area contributed by atoms with Crippen molar-refractivity contribution in [2.24, 2.45) is 0 Å². The summed E-state index contributed by atoms with van der Waals surface area (Å²) < 4.78 is 18.5. The summed E-state index contributed by atoms with van der Waals surface area (Å²) in [6.45, 7) is 7.14. The molecule has 2 rings (SSSR count). The molecule has 100 valence electrons. The second kappa shape index (κ2) is 5.67. The smallest absolute Gasteiger partial charge is 0.165 e. The summed E-state index contributed by atoms with van der Waals surface area (Å²) in [5, 5.41) is 3.49. The largest absolute Gasteiger partial charge is 0.494 e. The molecule has 1 saturated heterocycles. The Morgan fingerprint density at radius 1 is 1.33 bits per heavy atom. The number of methoxy groups -OCH3 is 1. The summed E-state index contributed by atoms with van der Waals surface area (Å²) in [6.07, 6.45) is 0. The standard InChI is InChI=1S/C14H21FN2O/c1-10-7-17(8-11(2)16-10)9-12-4-5-14(18-3)13(15)6-12/h4-6,10-11,16H,7-9H2,1-3H3. The molecular formula is C14H21FN2O. The monoisotopic (exact) mass is 252 g/mol. The van der Waals surface area contributed by atoms with Gasteiger partial charge < -0.3 is 10.1 Å². The van der Waals surface area contributed by atoms with Crippen LogP contribution >= 0.6 is 0 Å². The van der Waals surface area contributed by atoms with Crippen molar-refractivity contribution in [3.8, 4) is 5.75 Å². The molecular weight excluding hydrogens is 231 g/mol. The molecule has 1 aliphatic heterocycles. The van der Waals surface area contributed by atoms with Crippen LogP contribution in [0.2, 0.25) is 0 Å². The highest BCUT2D eigenvalue weighted by Crippen LogP contribution is 2.19. The quantitative estimate of drug-likeness (QED) is 0.890. The van der Waals surface area contributed by atoms with Crippen LogP contribution in [-0.4, -0.2) is 37.2 Å². The maximum atomic E-state index is 13.6. The SMILES string of the molecule is COc1ccc(CN2CC(C)NC(C)C2)cc1F. The van der Waals surface area contributed by atoms with E-state index in [1.165, 1.54) is 7.11 Å². The van der Waals surface area contributed by atoms with E-state index in [4.69, 9.17) is 4.74 Å². The number of nitrogens with one attached hydrogen (secondary N) is 1. The van der Waals surface area contributed by atoms with Gasteiger partial charge in [-0.1, -0.05) is 6.07 Å². The molecule has 3 nitrogen and oxygen atoms in total. The van der Waals surface area contributed by atoms with Crippen molar-refractivity contribution in [2.45, 2.75) is 32.5 Å². The summed E-state index contributed by atoms with van der Waals surface area (Å²) in [7, 11) is 1.48. The van der Waals surface area contributed by atoms with Crippen molar-refractivity contribution < 1.29 is 9.13 Å². The van der Waals surface area contributed by atoms with Crippen molar-refractivity contribution in [3.05, 3.63) is 29.6 Å². The van der Waals surface area contributed by atoms with Crippen molar-refractivity contribution in [1.82, 2.24) is 10.2 Å². The zero-order valence-electron chi connectivity index (χ0n) is 11.2. The first-order chi connectivity index (χ1) is 8.58. The number of hydrogen-bond acceptors (Lipinski definition) is 3. The summed E-state index contributed by atoms with van der Waals surface area (Å²) in [5.74, 6) is 0.0204. The second-order valence-electron chi connectivity index (χ2n) is 5.13. The minimum atomic E-state index is -0.286. The van der Waals surface area contributed by atoms with E-state index in [9.17, 15) is 4.39 Å². The van der Waals surface area contributed by atoms with Crippen molar-refractivity contribution in [1.29, 1.82) is 0 Å². The molecule has 0 radical (unpaired) electrons. The van der Waals surface area contributed by atoms with Crippen molar-refractivity contribution in [2.75, 3.05) is 20.2 Å². The van der Waals surface area contributed by atoms with Crippen LogP contribution in [0, 0.1) is 5.82 Å². The van der Waals surface area contributed by atoms with Crippen LogP contribution in [0.25, 0.3) is 0 Å². The van der Waals surface area contributed by atoms with Gasteiger partial charge in [0.25, 0.3) is 0 Å². The molecule has 2 atom stereocenters. The maximum Gasteiger partial charge on any atom is 0.165 e. The number of ether oxygens (including phenoxy) is 1. The van der Waals surface area contributed by atoms with Gasteiger partial charge in [0.05, 0.1) is 7.11 Å². The highest BCUT2D eigenvalue weighted by atomic mass is 19.1. The van der Waals surface area contributed by atoms with Gasteiger partial charge in [-0.05, 0) is 31.5 Å². The zero-order valence-corrected chi connectivity index (χ0v) is 11.2. The molecule has 18 heavy (non-hydrogen) atoms. The third-order valence-electron chi connectivity index (χ3n) is 3.26. The van der Waals surface area contributed by atoms with Gasteiger partial charge in [0.15, 0.2) is 11.6 Å². The van der Waals surface area contributed by atoms with Gasteiger partial charge >= 0.3 is 0 Å². The fourth-order valence-corrected chi connectivity index (χ4v) is 2.64. The highest BCUT2D eigenvalue weighted by molar-refractivity contribution is 5.29. The van der Waals surface area contributed by atoms with E-state index in [-0.39, 0.29) is 5.82 Å². The van der Waals surface area contributed by atoms with Crippen LogP contribution in [0.1, 0.15) is 19.4 Å². The van der Waals surface area contributed by atoms with Gasteiger partial charge in [0.2, 0.25) is 0 Å². The van der Waals surface area contributed by atoms with Gasteiger partial charge in [0, 0.05) is 31.7 Å². The number of rotatable bonds is 3. The molecule has 0 aromatic heterocycles. The average Bonchev–Trinajstić information content (AvgIpc) is 2.27. The number of hydrogen-bond donors (Lipinski definition) is 1. The Bertz CT molecular complexity index is 401. The molecule has 1 aliphatic rings. The number of nitrogens with zero attached hydrogens (tertiary/aromatic N) is 1. The molecule has 2 unspecified atom stereocenters. The molecule has 0 saturated carbocycles. The van der Waals surface area contributed by atoms with Crippen molar-refractivity contribution in [3.63, 3.8) is 0 Å². The number of halogens is 1. The van der Waals surface area contributed by atoms with Gasteiger partial charge in [-0.15, -0.1) is 0 Å². The molecule has 0 spiro atoms. The summed E-state index contributed by atoms with van der Waals surface area (Å²) in [6, 6.07) is 6.16. The summed E-state index contributed by atoms with van der Waals surface area (Å²) in [4.78, 5) is 2.35. The zero-order chi connectivity index (χ0) is 13.1. The fourth-order valence-electron chi connectivity index (χ4n) is 2.64. The normalized spacial score (nSPS) is 25.1. The van der Waals surface area contributed by atoms with E-state index in [0.717, 1.165) is 25.2 Å². The highest BCUT2D eigenvalue weighted by Gasteiger charge is 2.20. The Kier molecular flexibility index (Phi) is 4.19. The summed E-state index contributed by atoms with van der Waals surface area (Å²) >= 11 is 0. The summed E-state index contributed by atoms with van der Waals surface area (Å²) in [5.41, 5.74) is 0.995. The Hall–Kier alpha value is -1.13. The number of piperazine rings is 1. The van der Waals surface area contributed by atoms with E-state index in [1.807, 2.05) is 6.07 Å². The molecule has 0 bridgehead atoms. The lowest BCUT2D eigenvalue weighted by Crippen LogP contribution is -2.53. The maximum absolute atomic E-state index is 13.6. The van der Waals surface area contributed by atoms with Gasteiger partial charge in [-0.3, -0.25) is 4.90 Å². The Balaban J connectivity index is 2.02. The molecule has 1 aromatic rings.